The Labute approximate surface area is 65.1 Å². The first-order valence-electron chi connectivity index (χ1n) is 3.10. The van der Waals surface area contributed by atoms with Gasteiger partial charge in [0.05, 0.1) is 6.33 Å². The average molecular weight is 157 g/mol. The number of imidazole rings is 1. The Kier molecular flexibility index (Phi) is 3.03. The van der Waals surface area contributed by atoms with Crippen LogP contribution in [0.5, 0.6) is 0 Å². The van der Waals surface area contributed by atoms with Crippen LogP contribution >= 0.6 is 11.6 Å². The van der Waals surface area contributed by atoms with Crippen LogP contribution in [0.15, 0.2) is 30.9 Å². The Hall–Kier alpha value is -0.760. The summed E-state index contributed by atoms with van der Waals surface area (Å²) in [6.45, 7) is 0.854. The van der Waals surface area contributed by atoms with E-state index in [4.69, 9.17) is 11.6 Å². The molecule has 0 saturated heterocycles. The number of alkyl halides is 1. The van der Waals surface area contributed by atoms with Gasteiger partial charge in [-0.3, -0.25) is 0 Å². The first-order chi connectivity index (χ1) is 4.93. The van der Waals surface area contributed by atoms with Crippen LogP contribution in [0.4, 0.5) is 0 Å². The van der Waals surface area contributed by atoms with E-state index in [0.717, 1.165) is 6.54 Å². The third kappa shape index (κ3) is 2.23. The van der Waals surface area contributed by atoms with Gasteiger partial charge in [-0.1, -0.05) is 12.2 Å². The molecule has 0 amide bonds. The van der Waals surface area contributed by atoms with Crippen molar-refractivity contribution in [2.45, 2.75) is 6.54 Å². The largest absolute Gasteiger partial charge is 0.334 e. The average Bonchev–Trinajstić information content (AvgIpc) is 2.41. The molecule has 0 unspecified atom stereocenters. The number of hydrogen-bond donors (Lipinski definition) is 0. The molecular formula is C7H9ClN2. The number of hydrogen-bond acceptors (Lipinski definition) is 1. The summed E-state index contributed by atoms with van der Waals surface area (Å²) in [5.41, 5.74) is 0. The van der Waals surface area contributed by atoms with E-state index in [1.54, 1.807) is 12.5 Å². The van der Waals surface area contributed by atoms with E-state index >= 15 is 0 Å². The zero-order valence-corrected chi connectivity index (χ0v) is 6.33. The highest BCUT2D eigenvalue weighted by Crippen LogP contribution is 1.87. The predicted octanol–water partition coefficient (Wildman–Crippen LogP) is 1.68. The van der Waals surface area contributed by atoms with E-state index in [9.17, 15) is 0 Å². The van der Waals surface area contributed by atoms with E-state index in [1.807, 2.05) is 22.9 Å². The van der Waals surface area contributed by atoms with Gasteiger partial charge in [-0.15, -0.1) is 11.6 Å². The lowest BCUT2D eigenvalue weighted by Gasteiger charge is -1.91. The molecule has 0 spiro atoms. The lowest BCUT2D eigenvalue weighted by atomic mass is 10.5. The minimum Gasteiger partial charge on any atom is -0.334 e. The van der Waals surface area contributed by atoms with Crippen molar-refractivity contribution < 1.29 is 0 Å². The second-order valence-electron chi connectivity index (χ2n) is 1.89. The summed E-state index contributed by atoms with van der Waals surface area (Å²) in [5.74, 6) is 0.578. The quantitative estimate of drug-likeness (QED) is 0.481. The third-order valence-corrected chi connectivity index (χ3v) is 1.31. The van der Waals surface area contributed by atoms with Crippen LogP contribution in [0.2, 0.25) is 0 Å². The predicted molar refractivity (Wildman–Crippen MR) is 42.1 cm³/mol. The highest BCUT2D eigenvalue weighted by atomic mass is 35.5. The number of aromatic nitrogens is 2. The van der Waals surface area contributed by atoms with Gasteiger partial charge >= 0.3 is 0 Å². The molecule has 54 valence electrons. The summed E-state index contributed by atoms with van der Waals surface area (Å²) in [5, 5.41) is 0. The molecule has 1 heterocycles. The maximum atomic E-state index is 5.43. The van der Waals surface area contributed by atoms with Crippen molar-refractivity contribution in [3.8, 4) is 0 Å². The molecule has 0 atom stereocenters. The maximum absolute atomic E-state index is 5.43. The lowest BCUT2D eigenvalue weighted by molar-refractivity contribution is 0.819. The second-order valence-corrected chi connectivity index (χ2v) is 2.19. The van der Waals surface area contributed by atoms with Crippen molar-refractivity contribution in [3.05, 3.63) is 30.9 Å². The van der Waals surface area contributed by atoms with Crippen molar-refractivity contribution >= 4 is 11.6 Å². The zero-order chi connectivity index (χ0) is 7.23. The van der Waals surface area contributed by atoms with Crippen LogP contribution in [0, 0.1) is 0 Å². The standard InChI is InChI=1S/C7H9ClN2/c8-3-1-2-5-10-6-4-9-7-10/h1-2,4,6-7H,3,5H2. The van der Waals surface area contributed by atoms with Crippen LogP contribution < -0.4 is 0 Å². The van der Waals surface area contributed by atoms with Crippen molar-refractivity contribution in [2.75, 3.05) is 5.88 Å². The molecule has 0 fully saturated rings. The molecule has 1 aromatic heterocycles. The Morgan fingerprint density at radius 3 is 3.00 bits per heavy atom. The fourth-order valence-electron chi connectivity index (χ4n) is 0.654. The SMILES string of the molecule is ClCC=CCn1ccnc1. The van der Waals surface area contributed by atoms with Gasteiger partial charge in [-0.2, -0.15) is 0 Å². The molecule has 2 nitrogen and oxygen atoms in total. The van der Waals surface area contributed by atoms with Crippen LogP contribution in [-0.4, -0.2) is 15.4 Å². The fourth-order valence-corrected chi connectivity index (χ4v) is 0.780. The van der Waals surface area contributed by atoms with E-state index in [0.29, 0.717) is 5.88 Å². The lowest BCUT2D eigenvalue weighted by Crippen LogP contribution is -1.89. The van der Waals surface area contributed by atoms with E-state index in [1.165, 1.54) is 0 Å². The molecule has 0 radical (unpaired) electrons. The van der Waals surface area contributed by atoms with Gasteiger partial charge in [-0.25, -0.2) is 4.98 Å². The highest BCUT2D eigenvalue weighted by molar-refractivity contribution is 6.18. The Morgan fingerprint density at radius 2 is 2.40 bits per heavy atom. The van der Waals surface area contributed by atoms with Crippen LogP contribution in [0.1, 0.15) is 0 Å². The number of halogens is 1. The summed E-state index contributed by atoms with van der Waals surface area (Å²) < 4.78 is 1.98. The Balaban J connectivity index is 2.34. The van der Waals surface area contributed by atoms with Gasteiger partial charge in [0, 0.05) is 24.8 Å². The van der Waals surface area contributed by atoms with Crippen LogP contribution in [0.25, 0.3) is 0 Å². The van der Waals surface area contributed by atoms with E-state index < -0.39 is 0 Å². The molecule has 0 aliphatic carbocycles. The molecule has 3 heteroatoms. The van der Waals surface area contributed by atoms with Crippen LogP contribution in [-0.2, 0) is 6.54 Å². The van der Waals surface area contributed by atoms with Gasteiger partial charge in [0.1, 0.15) is 0 Å². The first-order valence-corrected chi connectivity index (χ1v) is 3.63. The van der Waals surface area contributed by atoms with Crippen molar-refractivity contribution in [2.24, 2.45) is 0 Å². The molecule has 0 bridgehead atoms. The molecule has 0 aromatic carbocycles. The normalized spacial score (nSPS) is 10.9. The minimum atomic E-state index is 0.578. The highest BCUT2D eigenvalue weighted by Gasteiger charge is 1.81. The topological polar surface area (TPSA) is 17.8 Å². The van der Waals surface area contributed by atoms with Gasteiger partial charge in [0.2, 0.25) is 0 Å². The molecule has 0 aliphatic rings. The molecule has 0 saturated carbocycles. The van der Waals surface area contributed by atoms with Gasteiger partial charge in [-0.05, 0) is 0 Å². The first kappa shape index (κ1) is 7.35. The zero-order valence-electron chi connectivity index (χ0n) is 5.57. The molecule has 0 N–H and O–H groups in total. The Bertz CT molecular complexity index is 191. The van der Waals surface area contributed by atoms with Crippen molar-refractivity contribution in [3.63, 3.8) is 0 Å². The molecule has 10 heavy (non-hydrogen) atoms. The second kappa shape index (κ2) is 4.12. The smallest absolute Gasteiger partial charge is 0.0948 e. The minimum absolute atomic E-state index is 0.578. The van der Waals surface area contributed by atoms with Gasteiger partial charge in [0.25, 0.3) is 0 Å². The molecular weight excluding hydrogens is 148 g/mol. The van der Waals surface area contributed by atoms with E-state index in [2.05, 4.69) is 4.98 Å². The number of rotatable bonds is 3. The number of nitrogens with zero attached hydrogens (tertiary/aromatic N) is 2. The summed E-state index contributed by atoms with van der Waals surface area (Å²) in [4.78, 5) is 3.90. The monoisotopic (exact) mass is 156 g/mol. The number of allylic oxidation sites excluding steroid dienone is 2. The third-order valence-electron chi connectivity index (χ3n) is 1.13. The Morgan fingerprint density at radius 1 is 1.50 bits per heavy atom. The fraction of sp³-hybridized carbons (Fsp3) is 0.286. The molecule has 1 rings (SSSR count). The van der Waals surface area contributed by atoms with Gasteiger partial charge < -0.3 is 4.57 Å². The van der Waals surface area contributed by atoms with Gasteiger partial charge in [0.15, 0.2) is 0 Å². The van der Waals surface area contributed by atoms with Crippen LogP contribution in [0.3, 0.4) is 0 Å². The summed E-state index contributed by atoms with van der Waals surface area (Å²) >= 11 is 5.43. The molecule has 0 aliphatic heterocycles. The summed E-state index contributed by atoms with van der Waals surface area (Å²) in [6.07, 6.45) is 9.38. The molecule has 1 aromatic rings. The van der Waals surface area contributed by atoms with Crippen molar-refractivity contribution in [1.82, 2.24) is 9.55 Å². The van der Waals surface area contributed by atoms with E-state index in [-0.39, 0.29) is 0 Å². The summed E-state index contributed by atoms with van der Waals surface area (Å²) in [7, 11) is 0. The summed E-state index contributed by atoms with van der Waals surface area (Å²) in [6, 6.07) is 0. The maximum Gasteiger partial charge on any atom is 0.0948 e. The van der Waals surface area contributed by atoms with Crippen molar-refractivity contribution in [1.29, 1.82) is 0 Å².